The fraction of sp³-hybridized carbons (Fsp3) is 0.200. The van der Waals surface area contributed by atoms with Gasteiger partial charge in [0.15, 0.2) is 0 Å². The Morgan fingerprint density at radius 1 is 1.17 bits per heavy atom. The van der Waals surface area contributed by atoms with E-state index in [4.69, 9.17) is 16.0 Å². The van der Waals surface area contributed by atoms with Gasteiger partial charge in [-0.25, -0.2) is 15.0 Å². The van der Waals surface area contributed by atoms with Crippen LogP contribution in [0.15, 0.2) is 65.4 Å². The van der Waals surface area contributed by atoms with E-state index < -0.39 is 11.9 Å². The minimum atomic E-state index is -0.662. The van der Waals surface area contributed by atoms with Crippen molar-refractivity contribution < 1.29 is 14.3 Å². The van der Waals surface area contributed by atoms with Crippen LogP contribution in [-0.2, 0) is 0 Å². The number of para-hydroxylation sites is 2. The molecule has 10 heteroatoms. The van der Waals surface area contributed by atoms with Crippen molar-refractivity contribution >= 4 is 34.8 Å². The molecule has 2 heterocycles. The summed E-state index contributed by atoms with van der Waals surface area (Å²) in [6, 6.07) is 14.1. The number of hydrogen-bond donors (Lipinski definition) is 3. The number of aliphatic hydroxyl groups is 1. The monoisotopic (exact) mass is 492 g/mol. The molecule has 180 valence electrons. The molecule has 0 aliphatic rings. The van der Waals surface area contributed by atoms with Gasteiger partial charge < -0.3 is 25.1 Å². The van der Waals surface area contributed by atoms with Gasteiger partial charge in [-0.05, 0) is 42.3 Å². The molecule has 0 aliphatic heterocycles. The van der Waals surface area contributed by atoms with Gasteiger partial charge in [0.1, 0.15) is 17.7 Å². The molecule has 0 radical (unpaired) electrons. The fourth-order valence-electron chi connectivity index (χ4n) is 3.52. The molecule has 0 saturated heterocycles. The van der Waals surface area contributed by atoms with E-state index in [1.54, 1.807) is 30.5 Å². The number of aromatic nitrogens is 3. The molecule has 0 spiro atoms. The van der Waals surface area contributed by atoms with Crippen LogP contribution in [0.25, 0.3) is 11.4 Å². The number of carbonyl (C=O) groups excluding carboxylic acids is 1. The highest BCUT2D eigenvalue weighted by molar-refractivity contribution is 6.30. The maximum atomic E-state index is 12.8. The van der Waals surface area contributed by atoms with Crippen LogP contribution >= 0.6 is 11.6 Å². The summed E-state index contributed by atoms with van der Waals surface area (Å²) in [4.78, 5) is 28.0. The summed E-state index contributed by atoms with van der Waals surface area (Å²) in [6.45, 7) is 1.54. The summed E-state index contributed by atoms with van der Waals surface area (Å²) in [5.41, 5.74) is 4.19. The number of carbonyl (C=O) groups is 1. The van der Waals surface area contributed by atoms with E-state index in [1.165, 1.54) is 6.26 Å². The Kier molecular flexibility index (Phi) is 7.28. The van der Waals surface area contributed by atoms with E-state index in [1.807, 2.05) is 50.2 Å². The summed E-state index contributed by atoms with van der Waals surface area (Å²) in [5.74, 6) is -0.332. The second-order valence-electron chi connectivity index (χ2n) is 8.06. The predicted molar refractivity (Wildman–Crippen MR) is 135 cm³/mol. The highest BCUT2D eigenvalue weighted by atomic mass is 35.5. The second-order valence-corrected chi connectivity index (χ2v) is 8.50. The minimum absolute atomic E-state index is 0.147. The van der Waals surface area contributed by atoms with Crippen molar-refractivity contribution in [2.24, 2.45) is 0 Å². The Labute approximate surface area is 207 Å². The Hall–Kier alpha value is -3.95. The van der Waals surface area contributed by atoms with Crippen molar-refractivity contribution in [1.82, 2.24) is 20.3 Å². The summed E-state index contributed by atoms with van der Waals surface area (Å²) in [6.07, 6.45) is 3.05. The maximum absolute atomic E-state index is 12.8. The highest BCUT2D eigenvalue weighted by Gasteiger charge is 2.21. The van der Waals surface area contributed by atoms with Crippen LogP contribution in [0.3, 0.4) is 0 Å². The van der Waals surface area contributed by atoms with Gasteiger partial charge in [0.25, 0.3) is 5.89 Å². The molecule has 0 fully saturated rings. The third kappa shape index (κ3) is 5.59. The average Bonchev–Trinajstić information content (AvgIpc) is 3.34. The van der Waals surface area contributed by atoms with Crippen LogP contribution in [0.1, 0.15) is 27.9 Å². The van der Waals surface area contributed by atoms with Crippen molar-refractivity contribution in [2.75, 3.05) is 30.9 Å². The van der Waals surface area contributed by atoms with E-state index in [2.05, 4.69) is 25.6 Å². The Morgan fingerprint density at radius 3 is 2.71 bits per heavy atom. The summed E-state index contributed by atoms with van der Waals surface area (Å²) >= 11 is 6.03. The van der Waals surface area contributed by atoms with Crippen molar-refractivity contribution in [1.29, 1.82) is 0 Å². The molecule has 4 rings (SSSR count). The molecule has 2 aromatic heterocycles. The van der Waals surface area contributed by atoms with E-state index in [-0.39, 0.29) is 12.5 Å². The van der Waals surface area contributed by atoms with Crippen LogP contribution in [0.4, 0.5) is 17.3 Å². The van der Waals surface area contributed by atoms with E-state index in [0.29, 0.717) is 27.9 Å². The van der Waals surface area contributed by atoms with E-state index >= 15 is 0 Å². The van der Waals surface area contributed by atoms with Crippen molar-refractivity contribution in [3.63, 3.8) is 0 Å². The first-order valence-electron chi connectivity index (χ1n) is 10.9. The normalized spacial score (nSPS) is 11.7. The number of rotatable bonds is 8. The average molecular weight is 493 g/mol. The number of oxazole rings is 1. The van der Waals surface area contributed by atoms with Gasteiger partial charge in [-0.15, -0.1) is 0 Å². The highest BCUT2D eigenvalue weighted by Crippen LogP contribution is 2.28. The SMILES string of the molecule is Cc1cnc(Nc2ccccc2N(C)C)nc1-c1coc(C(=O)N[C@H](CO)c2cccc(Cl)c2)n1. The first-order chi connectivity index (χ1) is 16.9. The smallest absolute Gasteiger partial charge is 0.307 e. The minimum Gasteiger partial charge on any atom is -0.440 e. The van der Waals surface area contributed by atoms with E-state index in [0.717, 1.165) is 16.9 Å². The molecule has 0 unspecified atom stereocenters. The van der Waals surface area contributed by atoms with Gasteiger partial charge in [-0.2, -0.15) is 0 Å². The maximum Gasteiger partial charge on any atom is 0.307 e. The zero-order chi connectivity index (χ0) is 24.9. The molecule has 0 aliphatic carbocycles. The van der Waals surface area contributed by atoms with Crippen molar-refractivity contribution in [3.8, 4) is 11.4 Å². The van der Waals surface area contributed by atoms with Gasteiger partial charge in [-0.1, -0.05) is 35.9 Å². The molecular weight excluding hydrogens is 468 g/mol. The molecule has 9 nitrogen and oxygen atoms in total. The molecule has 0 saturated carbocycles. The zero-order valence-corrected chi connectivity index (χ0v) is 20.2. The Morgan fingerprint density at radius 2 is 1.97 bits per heavy atom. The number of halogens is 1. The number of benzene rings is 2. The molecule has 2 aromatic carbocycles. The molecule has 1 amide bonds. The lowest BCUT2D eigenvalue weighted by molar-refractivity contribution is 0.0881. The Balaban J connectivity index is 1.55. The molecule has 1 atom stereocenters. The number of nitrogens with one attached hydrogen (secondary N) is 2. The van der Waals surface area contributed by atoms with Crippen LogP contribution in [0.2, 0.25) is 5.02 Å². The molecule has 0 bridgehead atoms. The van der Waals surface area contributed by atoms with Gasteiger partial charge in [0.05, 0.1) is 24.0 Å². The topological polar surface area (TPSA) is 116 Å². The second kappa shape index (κ2) is 10.5. The lowest BCUT2D eigenvalue weighted by Crippen LogP contribution is -2.31. The van der Waals surface area contributed by atoms with Crippen LogP contribution < -0.4 is 15.5 Å². The molecule has 35 heavy (non-hydrogen) atoms. The number of anilines is 3. The largest absolute Gasteiger partial charge is 0.440 e. The van der Waals surface area contributed by atoms with Crippen molar-refractivity contribution in [3.05, 3.63) is 83.0 Å². The van der Waals surface area contributed by atoms with Crippen LogP contribution in [-0.4, -0.2) is 46.7 Å². The Bertz CT molecular complexity index is 1340. The van der Waals surface area contributed by atoms with E-state index in [9.17, 15) is 9.90 Å². The van der Waals surface area contributed by atoms with Crippen molar-refractivity contribution in [2.45, 2.75) is 13.0 Å². The molecular formula is C25H25ClN6O3. The summed E-state index contributed by atoms with van der Waals surface area (Å²) in [5, 5.41) is 16.2. The van der Waals surface area contributed by atoms with Gasteiger partial charge >= 0.3 is 5.91 Å². The first-order valence-corrected chi connectivity index (χ1v) is 11.2. The number of aryl methyl sites for hydroxylation is 1. The quantitative estimate of drug-likeness (QED) is 0.332. The van der Waals surface area contributed by atoms with Gasteiger partial charge in [0.2, 0.25) is 5.95 Å². The molecule has 3 N–H and O–H groups in total. The fourth-order valence-corrected chi connectivity index (χ4v) is 3.71. The molecule has 4 aromatic rings. The number of nitrogens with zero attached hydrogens (tertiary/aromatic N) is 4. The first kappa shape index (κ1) is 24.2. The third-order valence-corrected chi connectivity index (χ3v) is 5.52. The lowest BCUT2D eigenvalue weighted by Gasteiger charge is -2.17. The lowest BCUT2D eigenvalue weighted by atomic mass is 10.1. The predicted octanol–water partition coefficient (Wildman–Crippen LogP) is 4.37. The standard InChI is InChI=1S/C25H25ClN6O3/c1-15-12-27-25(30-18-9-4-5-10-21(18)32(2)3)31-22(15)20-14-35-24(29-20)23(34)28-19(13-33)16-7-6-8-17(26)11-16/h4-12,14,19,33H,13H2,1-3H3,(H,28,34)(H,27,30,31)/t19-/m1/s1. The zero-order valence-electron chi connectivity index (χ0n) is 19.5. The van der Waals surface area contributed by atoms with Crippen LogP contribution in [0, 0.1) is 6.92 Å². The third-order valence-electron chi connectivity index (χ3n) is 5.28. The van der Waals surface area contributed by atoms with Gasteiger partial charge in [0, 0.05) is 25.3 Å². The number of hydrogen-bond acceptors (Lipinski definition) is 8. The number of aliphatic hydroxyl groups excluding tert-OH is 1. The number of amides is 1. The summed E-state index contributed by atoms with van der Waals surface area (Å²) in [7, 11) is 3.91. The van der Waals surface area contributed by atoms with Gasteiger partial charge in [-0.3, -0.25) is 4.79 Å². The van der Waals surface area contributed by atoms with Crippen LogP contribution in [0.5, 0.6) is 0 Å². The summed E-state index contributed by atoms with van der Waals surface area (Å²) < 4.78 is 5.43.